The van der Waals surface area contributed by atoms with Crippen molar-refractivity contribution in [3.05, 3.63) is 64.7 Å². The molecule has 3 rings (SSSR count). The highest BCUT2D eigenvalue weighted by Gasteiger charge is 2.20. The topological polar surface area (TPSA) is 67.9 Å². The molecule has 29 heavy (non-hydrogen) atoms. The quantitative estimate of drug-likeness (QED) is 0.759. The number of anilines is 1. The van der Waals surface area contributed by atoms with Crippen LogP contribution in [0.15, 0.2) is 42.5 Å². The highest BCUT2D eigenvalue weighted by atomic mass is 16.5. The Morgan fingerprint density at radius 3 is 2.48 bits per heavy atom. The molecule has 154 valence electrons. The Labute approximate surface area is 171 Å². The molecular weight excluding hydrogens is 368 g/mol. The van der Waals surface area contributed by atoms with Crippen molar-refractivity contribution < 1.29 is 19.1 Å². The Kier molecular flexibility index (Phi) is 7.01. The first-order chi connectivity index (χ1) is 13.9. The third-order valence-electron chi connectivity index (χ3n) is 5.00. The zero-order chi connectivity index (χ0) is 20.8. The lowest BCUT2D eigenvalue weighted by Crippen LogP contribution is -2.35. The molecule has 2 aromatic rings. The standard InChI is InChI=1S/C23H28N2O4/c1-16-4-5-17(2)21(14-16)24-22(26)18(3)29-23(27)20-8-6-19(7-9-20)15-25-10-12-28-13-11-25/h4-9,14,18H,10-13,15H2,1-3H3,(H,24,26)/t18-/m0/s1. The van der Waals surface area contributed by atoms with E-state index in [1.807, 2.05) is 44.2 Å². The van der Waals surface area contributed by atoms with Gasteiger partial charge in [-0.3, -0.25) is 9.69 Å². The van der Waals surface area contributed by atoms with Crippen molar-refractivity contribution in [2.24, 2.45) is 0 Å². The molecule has 1 aliphatic heterocycles. The van der Waals surface area contributed by atoms with Crippen LogP contribution in [0.5, 0.6) is 0 Å². The number of aryl methyl sites for hydroxylation is 2. The Bertz CT molecular complexity index is 858. The van der Waals surface area contributed by atoms with Gasteiger partial charge in [0.05, 0.1) is 18.8 Å². The number of nitrogens with one attached hydrogen (secondary N) is 1. The molecule has 1 amide bonds. The van der Waals surface area contributed by atoms with Crippen LogP contribution < -0.4 is 5.32 Å². The van der Waals surface area contributed by atoms with Gasteiger partial charge in [-0.05, 0) is 55.7 Å². The summed E-state index contributed by atoms with van der Waals surface area (Å²) in [5.74, 6) is -0.859. The van der Waals surface area contributed by atoms with Crippen molar-refractivity contribution in [1.82, 2.24) is 4.90 Å². The Hall–Kier alpha value is -2.70. The van der Waals surface area contributed by atoms with Crippen LogP contribution in [0.4, 0.5) is 5.69 Å². The first-order valence-corrected chi connectivity index (χ1v) is 9.90. The minimum atomic E-state index is -0.893. The molecule has 2 aromatic carbocycles. The summed E-state index contributed by atoms with van der Waals surface area (Å²) in [7, 11) is 0. The second-order valence-corrected chi connectivity index (χ2v) is 7.44. The molecule has 1 N–H and O–H groups in total. The summed E-state index contributed by atoms with van der Waals surface area (Å²) in [6, 6.07) is 13.2. The van der Waals surface area contributed by atoms with Gasteiger partial charge in [0.1, 0.15) is 0 Å². The largest absolute Gasteiger partial charge is 0.449 e. The van der Waals surface area contributed by atoms with E-state index in [1.54, 1.807) is 19.1 Å². The molecule has 0 unspecified atom stereocenters. The van der Waals surface area contributed by atoms with Gasteiger partial charge in [0.2, 0.25) is 0 Å². The van der Waals surface area contributed by atoms with Crippen molar-refractivity contribution in [3.63, 3.8) is 0 Å². The smallest absolute Gasteiger partial charge is 0.338 e. The molecule has 0 aromatic heterocycles. The third kappa shape index (κ3) is 5.89. The number of ether oxygens (including phenoxy) is 2. The minimum Gasteiger partial charge on any atom is -0.449 e. The Balaban J connectivity index is 1.54. The van der Waals surface area contributed by atoms with Gasteiger partial charge in [-0.1, -0.05) is 24.3 Å². The van der Waals surface area contributed by atoms with Crippen LogP contribution in [0.2, 0.25) is 0 Å². The Morgan fingerprint density at radius 1 is 1.10 bits per heavy atom. The van der Waals surface area contributed by atoms with Crippen molar-refractivity contribution in [3.8, 4) is 0 Å². The van der Waals surface area contributed by atoms with E-state index in [9.17, 15) is 9.59 Å². The van der Waals surface area contributed by atoms with Gasteiger partial charge in [-0.15, -0.1) is 0 Å². The fourth-order valence-corrected chi connectivity index (χ4v) is 3.15. The summed E-state index contributed by atoms with van der Waals surface area (Å²) in [6.07, 6.45) is -0.893. The summed E-state index contributed by atoms with van der Waals surface area (Å²) >= 11 is 0. The SMILES string of the molecule is Cc1ccc(C)c(NC(=O)[C@H](C)OC(=O)c2ccc(CN3CCOCC3)cc2)c1. The molecule has 6 heteroatoms. The van der Waals surface area contributed by atoms with Gasteiger partial charge in [0, 0.05) is 25.3 Å². The molecular formula is C23H28N2O4. The van der Waals surface area contributed by atoms with Crippen LogP contribution in [0.3, 0.4) is 0 Å². The monoisotopic (exact) mass is 396 g/mol. The zero-order valence-corrected chi connectivity index (χ0v) is 17.2. The lowest BCUT2D eigenvalue weighted by atomic mass is 10.1. The van der Waals surface area contributed by atoms with Crippen molar-refractivity contribution in [2.45, 2.75) is 33.4 Å². The predicted octanol–water partition coefficient (Wildman–Crippen LogP) is 3.32. The predicted molar refractivity (Wildman–Crippen MR) is 112 cm³/mol. The number of benzene rings is 2. The van der Waals surface area contributed by atoms with Crippen LogP contribution in [0.25, 0.3) is 0 Å². The van der Waals surface area contributed by atoms with Gasteiger partial charge in [-0.2, -0.15) is 0 Å². The lowest BCUT2D eigenvalue weighted by Gasteiger charge is -2.26. The van der Waals surface area contributed by atoms with Crippen LogP contribution in [0, 0.1) is 13.8 Å². The van der Waals surface area contributed by atoms with Crippen LogP contribution >= 0.6 is 0 Å². The number of carbonyl (C=O) groups excluding carboxylic acids is 2. The van der Waals surface area contributed by atoms with Crippen LogP contribution in [-0.2, 0) is 20.8 Å². The number of morpholine rings is 1. The molecule has 0 aliphatic carbocycles. The molecule has 1 heterocycles. The second kappa shape index (κ2) is 9.67. The normalized spacial score (nSPS) is 15.6. The number of rotatable bonds is 6. The first-order valence-electron chi connectivity index (χ1n) is 9.90. The molecule has 0 saturated carbocycles. The summed E-state index contributed by atoms with van der Waals surface area (Å²) in [6.45, 7) is 9.62. The fourth-order valence-electron chi connectivity index (χ4n) is 3.15. The summed E-state index contributed by atoms with van der Waals surface area (Å²) < 4.78 is 10.7. The summed E-state index contributed by atoms with van der Waals surface area (Å²) in [5, 5.41) is 2.83. The third-order valence-corrected chi connectivity index (χ3v) is 5.00. The first kappa shape index (κ1) is 21.0. The lowest BCUT2D eigenvalue weighted by molar-refractivity contribution is -0.123. The van der Waals surface area contributed by atoms with Gasteiger partial charge >= 0.3 is 5.97 Å². The number of hydrogen-bond donors (Lipinski definition) is 1. The summed E-state index contributed by atoms with van der Waals surface area (Å²) in [5.41, 5.74) is 4.29. The van der Waals surface area contributed by atoms with E-state index >= 15 is 0 Å². The highest BCUT2D eigenvalue weighted by molar-refractivity contribution is 5.97. The fraction of sp³-hybridized carbons (Fsp3) is 0.391. The maximum absolute atomic E-state index is 12.4. The number of amides is 1. The minimum absolute atomic E-state index is 0.351. The second-order valence-electron chi connectivity index (χ2n) is 7.44. The van der Waals surface area contributed by atoms with E-state index in [2.05, 4.69) is 10.2 Å². The van der Waals surface area contributed by atoms with E-state index in [-0.39, 0.29) is 5.91 Å². The molecule has 1 atom stereocenters. The number of hydrogen-bond acceptors (Lipinski definition) is 5. The highest BCUT2D eigenvalue weighted by Crippen LogP contribution is 2.17. The van der Waals surface area contributed by atoms with Gasteiger partial charge in [0.25, 0.3) is 5.91 Å². The van der Waals surface area contributed by atoms with Gasteiger partial charge in [0.15, 0.2) is 6.10 Å². The van der Waals surface area contributed by atoms with Gasteiger partial charge < -0.3 is 14.8 Å². The van der Waals surface area contributed by atoms with E-state index in [0.717, 1.165) is 55.2 Å². The number of esters is 1. The van der Waals surface area contributed by atoms with Crippen LogP contribution in [0.1, 0.15) is 34.0 Å². The number of carbonyl (C=O) groups is 2. The molecule has 1 fully saturated rings. The van der Waals surface area contributed by atoms with E-state index in [1.165, 1.54) is 0 Å². The van der Waals surface area contributed by atoms with Crippen LogP contribution in [-0.4, -0.2) is 49.2 Å². The molecule has 0 radical (unpaired) electrons. The van der Waals surface area contributed by atoms with Gasteiger partial charge in [-0.25, -0.2) is 4.79 Å². The van der Waals surface area contributed by atoms with E-state index < -0.39 is 12.1 Å². The maximum atomic E-state index is 12.4. The summed E-state index contributed by atoms with van der Waals surface area (Å²) in [4.78, 5) is 27.1. The number of nitrogens with zero attached hydrogens (tertiary/aromatic N) is 1. The maximum Gasteiger partial charge on any atom is 0.338 e. The molecule has 0 bridgehead atoms. The van der Waals surface area contributed by atoms with E-state index in [4.69, 9.17) is 9.47 Å². The Morgan fingerprint density at radius 2 is 1.79 bits per heavy atom. The van der Waals surface area contributed by atoms with Crippen molar-refractivity contribution >= 4 is 17.6 Å². The van der Waals surface area contributed by atoms with Crippen molar-refractivity contribution in [1.29, 1.82) is 0 Å². The molecule has 1 saturated heterocycles. The van der Waals surface area contributed by atoms with E-state index in [0.29, 0.717) is 5.56 Å². The molecule has 6 nitrogen and oxygen atoms in total. The van der Waals surface area contributed by atoms with Crippen molar-refractivity contribution in [2.75, 3.05) is 31.6 Å². The molecule has 0 spiro atoms. The average molecular weight is 396 g/mol. The zero-order valence-electron chi connectivity index (χ0n) is 17.2. The molecule has 1 aliphatic rings. The average Bonchev–Trinajstić information content (AvgIpc) is 2.72.